The second-order valence-electron chi connectivity index (χ2n) is 10.6. The van der Waals surface area contributed by atoms with E-state index in [1.807, 2.05) is 0 Å². The Morgan fingerprint density at radius 2 is 1.68 bits per heavy atom. The molecule has 1 N–H and O–H groups in total. The number of carbonyl (C=O) groups is 2. The van der Waals surface area contributed by atoms with E-state index in [9.17, 15) is 31.2 Å². The summed E-state index contributed by atoms with van der Waals surface area (Å²) in [6.07, 6.45) is -3.75. The molecular weight excluding hydrogens is 513 g/mol. The highest BCUT2D eigenvalue weighted by Gasteiger charge is 2.41. The minimum absolute atomic E-state index is 0.219. The molecule has 2 saturated heterocycles. The Morgan fingerprint density at radius 3 is 2.22 bits per heavy atom. The maximum atomic E-state index is 13.7. The third-order valence-electron chi connectivity index (χ3n) is 6.37. The third-order valence-corrected chi connectivity index (χ3v) is 7.95. The first kappa shape index (κ1) is 29.0. The number of carbonyl (C=O) groups excluding carboxylic acids is 2. The molecule has 3 rings (SSSR count). The average molecular weight is 549 g/mol. The van der Waals surface area contributed by atoms with Gasteiger partial charge < -0.3 is 14.5 Å². The number of sulfonamides is 1. The maximum absolute atomic E-state index is 13.7. The van der Waals surface area contributed by atoms with E-state index in [-0.39, 0.29) is 37.5 Å². The predicted molar refractivity (Wildman–Crippen MR) is 132 cm³/mol. The zero-order valence-corrected chi connectivity index (χ0v) is 22.6. The van der Waals surface area contributed by atoms with Crippen molar-refractivity contribution in [1.29, 1.82) is 0 Å². The summed E-state index contributed by atoms with van der Waals surface area (Å²) in [5, 5.41) is 0. The van der Waals surface area contributed by atoms with Crippen LogP contribution in [-0.2, 0) is 25.7 Å². The first-order chi connectivity index (χ1) is 17.0. The van der Waals surface area contributed by atoms with Crippen LogP contribution < -0.4 is 9.62 Å². The number of nitrogens with one attached hydrogen (secondary N) is 1. The summed E-state index contributed by atoms with van der Waals surface area (Å²) in [5.74, 6) is -0.233. The van der Waals surface area contributed by atoms with Gasteiger partial charge in [-0.15, -0.1) is 0 Å². The molecule has 1 aromatic carbocycles. The minimum atomic E-state index is -4.85. The summed E-state index contributed by atoms with van der Waals surface area (Å²) >= 11 is 0. The van der Waals surface area contributed by atoms with Gasteiger partial charge in [0.15, 0.2) is 0 Å². The zero-order chi connectivity index (χ0) is 27.8. The molecule has 13 heteroatoms. The number of alkyl halides is 3. The second kappa shape index (κ2) is 10.7. The lowest BCUT2D eigenvalue weighted by atomic mass is 10.0. The number of ether oxygens (including phenoxy) is 1. The molecule has 1 atom stereocenters. The summed E-state index contributed by atoms with van der Waals surface area (Å²) in [7, 11) is -1.34. The van der Waals surface area contributed by atoms with Gasteiger partial charge in [0.2, 0.25) is 15.9 Å². The SMILES string of the molecule is CN(C)c1ccc(S(=O)(=O)NC2CCN(C(=O)[C@@H]3CCCN3C(=O)OC(C)(C)C)CC2)c(C(F)(F)F)c1. The van der Waals surface area contributed by atoms with Crippen LogP contribution in [0.2, 0.25) is 0 Å². The van der Waals surface area contributed by atoms with Crippen LogP contribution in [0.25, 0.3) is 0 Å². The first-order valence-corrected chi connectivity index (χ1v) is 13.7. The predicted octanol–water partition coefficient (Wildman–Crippen LogP) is 3.44. The molecule has 2 aliphatic heterocycles. The fraction of sp³-hybridized carbons (Fsp3) is 0.667. The molecule has 2 aliphatic rings. The summed E-state index contributed by atoms with van der Waals surface area (Å²) in [6, 6.07) is 1.82. The molecule has 0 aliphatic carbocycles. The number of hydrogen-bond acceptors (Lipinski definition) is 6. The molecule has 0 spiro atoms. The van der Waals surface area contributed by atoms with E-state index in [0.717, 1.165) is 12.1 Å². The largest absolute Gasteiger partial charge is 0.444 e. The molecule has 208 valence electrons. The van der Waals surface area contributed by atoms with Gasteiger partial charge in [-0.2, -0.15) is 13.2 Å². The molecule has 2 amide bonds. The van der Waals surface area contributed by atoms with Gasteiger partial charge in [0, 0.05) is 45.5 Å². The van der Waals surface area contributed by atoms with Gasteiger partial charge in [-0.3, -0.25) is 9.69 Å². The van der Waals surface area contributed by atoms with E-state index < -0.39 is 50.4 Å². The first-order valence-electron chi connectivity index (χ1n) is 12.2. The Labute approximate surface area is 216 Å². The Hall–Kier alpha value is -2.54. The van der Waals surface area contributed by atoms with Gasteiger partial charge in [0.1, 0.15) is 11.6 Å². The fourth-order valence-corrected chi connectivity index (χ4v) is 6.04. The van der Waals surface area contributed by atoms with Crippen molar-refractivity contribution in [3.63, 3.8) is 0 Å². The quantitative estimate of drug-likeness (QED) is 0.605. The smallest absolute Gasteiger partial charge is 0.417 e. The lowest BCUT2D eigenvalue weighted by Crippen LogP contribution is -2.53. The molecule has 9 nitrogen and oxygen atoms in total. The molecule has 0 saturated carbocycles. The Kier molecular flexibility index (Phi) is 8.38. The van der Waals surface area contributed by atoms with Gasteiger partial charge in [-0.05, 0) is 64.7 Å². The highest BCUT2D eigenvalue weighted by Crippen LogP contribution is 2.36. The van der Waals surface area contributed by atoms with Crippen molar-refractivity contribution in [3.05, 3.63) is 23.8 Å². The van der Waals surface area contributed by atoms with E-state index in [4.69, 9.17) is 4.74 Å². The lowest BCUT2D eigenvalue weighted by molar-refractivity contribution is -0.140. The maximum Gasteiger partial charge on any atom is 0.417 e. The van der Waals surface area contributed by atoms with Crippen LogP contribution in [0, 0.1) is 0 Å². The van der Waals surface area contributed by atoms with Crippen LogP contribution in [0.15, 0.2) is 23.1 Å². The minimum Gasteiger partial charge on any atom is -0.444 e. The molecule has 0 bridgehead atoms. The van der Waals surface area contributed by atoms with Crippen molar-refractivity contribution in [2.24, 2.45) is 0 Å². The molecular formula is C24H35F3N4O5S. The number of benzene rings is 1. The van der Waals surface area contributed by atoms with Crippen molar-refractivity contribution in [3.8, 4) is 0 Å². The lowest BCUT2D eigenvalue weighted by Gasteiger charge is -2.36. The molecule has 0 radical (unpaired) electrons. The van der Waals surface area contributed by atoms with Crippen LogP contribution in [-0.4, -0.2) is 81.6 Å². The van der Waals surface area contributed by atoms with Crippen molar-refractivity contribution < 1.29 is 35.9 Å². The number of likely N-dealkylation sites (tertiary alicyclic amines) is 2. The average Bonchev–Trinajstić information content (AvgIpc) is 3.27. The van der Waals surface area contributed by atoms with Crippen molar-refractivity contribution >= 4 is 27.7 Å². The highest BCUT2D eigenvalue weighted by atomic mass is 32.2. The Morgan fingerprint density at radius 1 is 1.05 bits per heavy atom. The van der Waals surface area contributed by atoms with E-state index in [1.165, 1.54) is 15.9 Å². The summed E-state index contributed by atoms with van der Waals surface area (Å²) in [5.41, 5.74) is -1.70. The number of piperidine rings is 1. The van der Waals surface area contributed by atoms with Gasteiger partial charge in [0.05, 0.1) is 10.5 Å². The molecule has 1 aromatic rings. The number of rotatable bonds is 5. The third kappa shape index (κ3) is 7.07. The number of nitrogens with zero attached hydrogens (tertiary/aromatic N) is 3. The summed E-state index contributed by atoms with van der Waals surface area (Å²) in [4.78, 5) is 29.3. The van der Waals surface area contributed by atoms with Gasteiger partial charge >= 0.3 is 12.3 Å². The van der Waals surface area contributed by atoms with Crippen LogP contribution in [0.1, 0.15) is 52.0 Å². The van der Waals surface area contributed by atoms with Crippen LogP contribution in [0.3, 0.4) is 0 Å². The zero-order valence-electron chi connectivity index (χ0n) is 21.8. The van der Waals surface area contributed by atoms with Crippen LogP contribution in [0.5, 0.6) is 0 Å². The molecule has 0 aromatic heterocycles. The van der Waals surface area contributed by atoms with Gasteiger partial charge in [0.25, 0.3) is 0 Å². The number of hydrogen-bond donors (Lipinski definition) is 1. The summed E-state index contributed by atoms with van der Waals surface area (Å²) in [6.45, 7) is 6.09. The fourth-order valence-electron chi connectivity index (χ4n) is 4.53. The van der Waals surface area contributed by atoms with Crippen molar-refractivity contribution in [2.45, 2.75) is 75.2 Å². The van der Waals surface area contributed by atoms with E-state index >= 15 is 0 Å². The Bertz CT molecular complexity index is 1110. The molecule has 0 unspecified atom stereocenters. The van der Waals surface area contributed by atoms with Gasteiger partial charge in [-0.25, -0.2) is 17.9 Å². The highest BCUT2D eigenvalue weighted by molar-refractivity contribution is 7.89. The van der Waals surface area contributed by atoms with Crippen LogP contribution in [0.4, 0.5) is 23.7 Å². The van der Waals surface area contributed by atoms with Crippen molar-refractivity contribution in [1.82, 2.24) is 14.5 Å². The van der Waals surface area contributed by atoms with Crippen LogP contribution >= 0.6 is 0 Å². The Balaban J connectivity index is 1.66. The normalized spacial score (nSPS) is 19.7. The van der Waals surface area contributed by atoms with E-state index in [0.29, 0.717) is 19.4 Å². The number of halogens is 3. The second-order valence-corrected chi connectivity index (χ2v) is 12.3. The van der Waals surface area contributed by atoms with E-state index in [2.05, 4.69) is 4.72 Å². The topological polar surface area (TPSA) is 99.3 Å². The monoisotopic (exact) mass is 548 g/mol. The number of amides is 2. The summed E-state index contributed by atoms with van der Waals surface area (Å²) < 4.78 is 74.7. The molecule has 2 heterocycles. The van der Waals surface area contributed by atoms with E-state index in [1.54, 1.807) is 39.8 Å². The number of anilines is 1. The molecule has 37 heavy (non-hydrogen) atoms. The molecule has 2 fully saturated rings. The standard InChI is InChI=1S/C24H35F3N4O5S/c1-23(2,3)36-22(33)31-12-6-7-19(31)21(32)30-13-10-16(11-14-30)28-37(34,35)20-9-8-17(29(4)5)15-18(20)24(25,26)27/h8-9,15-16,19,28H,6-7,10-14H2,1-5H3/t19-/m0/s1. The van der Waals surface area contributed by atoms with Crippen molar-refractivity contribution in [2.75, 3.05) is 38.6 Å². The van der Waals surface area contributed by atoms with Gasteiger partial charge in [-0.1, -0.05) is 0 Å².